The smallest absolute Gasteiger partial charge is 0.269 e. The van der Waals surface area contributed by atoms with Gasteiger partial charge in [-0.3, -0.25) is 9.59 Å². The molecule has 0 bridgehead atoms. The summed E-state index contributed by atoms with van der Waals surface area (Å²) in [7, 11) is 0. The first kappa shape index (κ1) is 16.7. The van der Waals surface area contributed by atoms with Crippen LogP contribution >= 0.6 is 0 Å². The summed E-state index contributed by atoms with van der Waals surface area (Å²) in [5.41, 5.74) is 6.27. The van der Waals surface area contributed by atoms with Gasteiger partial charge in [0.1, 0.15) is 5.69 Å². The molecule has 1 aromatic heterocycles. The summed E-state index contributed by atoms with van der Waals surface area (Å²) in [6.07, 6.45) is 2.67. The molecular formula is C15H20N4O2. The van der Waals surface area contributed by atoms with Crippen molar-refractivity contribution < 1.29 is 9.59 Å². The Kier molecular flexibility index (Phi) is 7.54. The zero-order chi connectivity index (χ0) is 15.5. The highest BCUT2D eigenvalue weighted by Gasteiger charge is 2.07. The van der Waals surface area contributed by atoms with Crippen molar-refractivity contribution in [3.63, 3.8) is 0 Å². The summed E-state index contributed by atoms with van der Waals surface area (Å²) in [5, 5.41) is 5.39. The fourth-order valence-corrected chi connectivity index (χ4v) is 1.49. The molecule has 0 aliphatic rings. The third kappa shape index (κ3) is 6.54. The molecule has 21 heavy (non-hydrogen) atoms. The van der Waals surface area contributed by atoms with E-state index in [0.29, 0.717) is 17.8 Å². The number of carbonyl (C=O) groups is 2. The molecule has 0 unspecified atom stereocenters. The second-order valence-electron chi connectivity index (χ2n) is 4.29. The van der Waals surface area contributed by atoms with Gasteiger partial charge >= 0.3 is 0 Å². The van der Waals surface area contributed by atoms with E-state index in [2.05, 4.69) is 27.5 Å². The van der Waals surface area contributed by atoms with Gasteiger partial charge in [-0.1, -0.05) is 18.8 Å². The molecule has 6 nitrogen and oxygen atoms in total. The van der Waals surface area contributed by atoms with Crippen LogP contribution in [-0.4, -0.2) is 36.4 Å². The Morgan fingerprint density at radius 2 is 2.10 bits per heavy atom. The molecule has 0 aliphatic heterocycles. The largest absolute Gasteiger partial charge is 0.356 e. The van der Waals surface area contributed by atoms with Gasteiger partial charge in [0.15, 0.2) is 0 Å². The Bertz CT molecular complexity index is 529. The van der Waals surface area contributed by atoms with Crippen molar-refractivity contribution in [1.29, 1.82) is 0 Å². The lowest BCUT2D eigenvalue weighted by Gasteiger charge is -2.05. The molecule has 112 valence electrons. The van der Waals surface area contributed by atoms with E-state index in [9.17, 15) is 9.59 Å². The highest BCUT2D eigenvalue weighted by Crippen LogP contribution is 1.98. The van der Waals surface area contributed by atoms with E-state index in [1.165, 1.54) is 6.20 Å². The van der Waals surface area contributed by atoms with Crippen molar-refractivity contribution in [3.8, 4) is 11.8 Å². The number of pyridine rings is 1. The van der Waals surface area contributed by atoms with E-state index >= 15 is 0 Å². The molecule has 0 radical (unpaired) electrons. The Morgan fingerprint density at radius 3 is 2.71 bits per heavy atom. The molecule has 0 atom stereocenters. The minimum Gasteiger partial charge on any atom is -0.356 e. The lowest BCUT2D eigenvalue weighted by atomic mass is 10.2. The summed E-state index contributed by atoms with van der Waals surface area (Å²) in [6, 6.07) is 3.30. The monoisotopic (exact) mass is 288 g/mol. The van der Waals surface area contributed by atoms with Crippen molar-refractivity contribution in [1.82, 2.24) is 15.6 Å². The number of hydrogen-bond acceptors (Lipinski definition) is 4. The molecule has 1 aromatic rings. The van der Waals surface area contributed by atoms with Crippen LogP contribution in [0.5, 0.6) is 0 Å². The summed E-state index contributed by atoms with van der Waals surface area (Å²) in [5.74, 6) is 5.16. The third-order valence-corrected chi connectivity index (χ3v) is 2.54. The SMILES string of the molecule is CCCNC(=O)CCNC(=O)c1ccc(C#CCN)cn1. The van der Waals surface area contributed by atoms with Crippen LogP contribution in [0, 0.1) is 11.8 Å². The number of nitrogens with two attached hydrogens (primary N) is 1. The second kappa shape index (κ2) is 9.50. The maximum atomic E-state index is 11.8. The Labute approximate surface area is 124 Å². The highest BCUT2D eigenvalue weighted by molar-refractivity contribution is 5.92. The normalized spacial score (nSPS) is 9.43. The lowest BCUT2D eigenvalue weighted by Crippen LogP contribution is -2.31. The van der Waals surface area contributed by atoms with Crippen LogP contribution < -0.4 is 16.4 Å². The van der Waals surface area contributed by atoms with Crippen LogP contribution in [0.4, 0.5) is 0 Å². The second-order valence-corrected chi connectivity index (χ2v) is 4.29. The molecule has 1 heterocycles. The molecule has 1 rings (SSSR count). The van der Waals surface area contributed by atoms with E-state index in [-0.39, 0.29) is 31.3 Å². The van der Waals surface area contributed by atoms with Crippen molar-refractivity contribution in [2.75, 3.05) is 19.6 Å². The number of nitrogens with one attached hydrogen (secondary N) is 2. The van der Waals surface area contributed by atoms with Crippen LogP contribution in [-0.2, 0) is 4.79 Å². The van der Waals surface area contributed by atoms with Gasteiger partial charge in [0.2, 0.25) is 5.91 Å². The van der Waals surface area contributed by atoms with Crippen LogP contribution in [0.2, 0.25) is 0 Å². The molecule has 0 spiro atoms. The van der Waals surface area contributed by atoms with Gasteiger partial charge in [0.25, 0.3) is 5.91 Å². The molecular weight excluding hydrogens is 268 g/mol. The number of carbonyl (C=O) groups excluding carboxylic acids is 2. The first-order valence-corrected chi connectivity index (χ1v) is 6.87. The minimum absolute atomic E-state index is 0.0717. The zero-order valence-electron chi connectivity index (χ0n) is 12.1. The summed E-state index contributed by atoms with van der Waals surface area (Å²) < 4.78 is 0. The first-order chi connectivity index (χ1) is 10.2. The van der Waals surface area contributed by atoms with Crippen LogP contribution in [0.15, 0.2) is 18.3 Å². The molecule has 0 saturated carbocycles. The minimum atomic E-state index is -0.309. The Morgan fingerprint density at radius 1 is 1.29 bits per heavy atom. The van der Waals surface area contributed by atoms with E-state index in [1.807, 2.05) is 6.92 Å². The number of rotatable bonds is 6. The fourth-order valence-electron chi connectivity index (χ4n) is 1.49. The molecule has 6 heteroatoms. The predicted octanol–water partition coefficient (Wildman–Crippen LogP) is 0.0379. The highest BCUT2D eigenvalue weighted by atomic mass is 16.2. The van der Waals surface area contributed by atoms with E-state index in [4.69, 9.17) is 5.73 Å². The van der Waals surface area contributed by atoms with Gasteiger partial charge in [-0.2, -0.15) is 0 Å². The Hall–Kier alpha value is -2.39. The van der Waals surface area contributed by atoms with Gasteiger partial charge in [-0.25, -0.2) is 4.98 Å². The molecule has 0 saturated heterocycles. The molecule has 4 N–H and O–H groups in total. The number of hydrogen-bond donors (Lipinski definition) is 3. The maximum absolute atomic E-state index is 11.8. The molecule has 0 aromatic carbocycles. The van der Waals surface area contributed by atoms with Gasteiger partial charge in [0.05, 0.1) is 6.54 Å². The topological polar surface area (TPSA) is 97.1 Å². The van der Waals surface area contributed by atoms with E-state index < -0.39 is 0 Å². The van der Waals surface area contributed by atoms with Crippen molar-refractivity contribution >= 4 is 11.8 Å². The molecule has 0 aliphatic carbocycles. The predicted molar refractivity (Wildman–Crippen MR) is 80.4 cm³/mol. The third-order valence-electron chi connectivity index (χ3n) is 2.54. The lowest BCUT2D eigenvalue weighted by molar-refractivity contribution is -0.120. The molecule has 2 amide bonds. The average molecular weight is 288 g/mol. The number of nitrogens with zero attached hydrogens (tertiary/aromatic N) is 1. The van der Waals surface area contributed by atoms with Gasteiger partial charge in [0, 0.05) is 31.3 Å². The maximum Gasteiger partial charge on any atom is 0.269 e. The standard InChI is InChI=1S/C15H20N4O2/c1-2-9-17-14(20)7-10-18-15(21)13-6-5-12(11-19-13)4-3-8-16/h5-6,11H,2,7-10,16H2,1H3,(H,17,20)(H,18,21). The van der Waals surface area contributed by atoms with Crippen LogP contribution in [0.1, 0.15) is 35.8 Å². The molecule has 0 fully saturated rings. The summed E-state index contributed by atoms with van der Waals surface area (Å²) in [4.78, 5) is 27.2. The van der Waals surface area contributed by atoms with Crippen molar-refractivity contribution in [2.45, 2.75) is 19.8 Å². The average Bonchev–Trinajstić information content (AvgIpc) is 2.51. The first-order valence-electron chi connectivity index (χ1n) is 6.87. The quantitative estimate of drug-likeness (QED) is 0.644. The van der Waals surface area contributed by atoms with E-state index in [0.717, 1.165) is 6.42 Å². The van der Waals surface area contributed by atoms with Crippen molar-refractivity contribution in [2.24, 2.45) is 5.73 Å². The zero-order valence-corrected chi connectivity index (χ0v) is 12.1. The van der Waals surface area contributed by atoms with E-state index in [1.54, 1.807) is 12.1 Å². The number of aromatic nitrogens is 1. The van der Waals surface area contributed by atoms with Crippen molar-refractivity contribution in [3.05, 3.63) is 29.6 Å². The van der Waals surface area contributed by atoms with Crippen LogP contribution in [0.25, 0.3) is 0 Å². The summed E-state index contributed by atoms with van der Waals surface area (Å²) >= 11 is 0. The Balaban J connectivity index is 2.40. The van der Waals surface area contributed by atoms with Gasteiger partial charge < -0.3 is 16.4 Å². The van der Waals surface area contributed by atoms with Crippen LogP contribution in [0.3, 0.4) is 0 Å². The fraction of sp³-hybridized carbons (Fsp3) is 0.400. The number of amides is 2. The summed E-state index contributed by atoms with van der Waals surface area (Å²) in [6.45, 7) is 3.20. The van der Waals surface area contributed by atoms with Gasteiger partial charge in [-0.15, -0.1) is 0 Å². The van der Waals surface area contributed by atoms with Gasteiger partial charge in [-0.05, 0) is 18.6 Å².